The van der Waals surface area contributed by atoms with Crippen LogP contribution < -0.4 is 4.90 Å². The van der Waals surface area contributed by atoms with E-state index in [4.69, 9.17) is 0 Å². The molecule has 1 unspecified atom stereocenters. The van der Waals surface area contributed by atoms with Crippen molar-refractivity contribution in [1.29, 1.82) is 0 Å². The van der Waals surface area contributed by atoms with E-state index in [2.05, 4.69) is 23.7 Å². The quantitative estimate of drug-likeness (QED) is 0.896. The monoisotopic (exact) mass is 254 g/mol. The maximum atomic E-state index is 9.53. The van der Waals surface area contributed by atoms with Crippen LogP contribution in [0.4, 0.5) is 5.13 Å². The second-order valence-electron chi connectivity index (χ2n) is 5.10. The first-order valence-electron chi connectivity index (χ1n) is 6.49. The molecule has 0 aliphatic carbocycles. The lowest BCUT2D eigenvalue weighted by molar-refractivity contribution is 0.203. The number of aromatic nitrogens is 1. The van der Waals surface area contributed by atoms with Gasteiger partial charge in [0.2, 0.25) is 0 Å². The van der Waals surface area contributed by atoms with Gasteiger partial charge in [0.1, 0.15) is 0 Å². The minimum atomic E-state index is -0.397. The van der Waals surface area contributed by atoms with Crippen LogP contribution in [0.15, 0.2) is 6.20 Å². The summed E-state index contributed by atoms with van der Waals surface area (Å²) in [7, 11) is 0. The molecule has 17 heavy (non-hydrogen) atoms. The Labute approximate surface area is 107 Å². The van der Waals surface area contributed by atoms with Crippen LogP contribution in [0.2, 0.25) is 0 Å². The molecule has 0 bridgehead atoms. The highest BCUT2D eigenvalue weighted by Gasteiger charge is 2.35. The average molecular weight is 254 g/mol. The molecule has 0 amide bonds. The summed E-state index contributed by atoms with van der Waals surface area (Å²) < 4.78 is 0. The number of nitrogens with zero attached hydrogens (tertiary/aromatic N) is 2. The van der Waals surface area contributed by atoms with Crippen LogP contribution in [0.5, 0.6) is 0 Å². The SMILES string of the molecule is CCC1(CC)CCN(c2ncc(C(C)O)s2)C1. The predicted octanol–water partition coefficient (Wildman–Crippen LogP) is 3.21. The van der Waals surface area contributed by atoms with Crippen LogP contribution in [0.25, 0.3) is 0 Å². The van der Waals surface area contributed by atoms with Gasteiger partial charge in [-0.2, -0.15) is 0 Å². The highest BCUT2D eigenvalue weighted by molar-refractivity contribution is 7.15. The predicted molar refractivity (Wildman–Crippen MR) is 72.6 cm³/mol. The first-order chi connectivity index (χ1) is 8.10. The molecule has 1 fully saturated rings. The summed E-state index contributed by atoms with van der Waals surface area (Å²) in [4.78, 5) is 7.78. The van der Waals surface area contributed by atoms with Gasteiger partial charge in [-0.1, -0.05) is 25.2 Å². The highest BCUT2D eigenvalue weighted by Crippen LogP contribution is 2.40. The lowest BCUT2D eigenvalue weighted by atomic mass is 9.82. The van der Waals surface area contributed by atoms with Crippen molar-refractivity contribution >= 4 is 16.5 Å². The largest absolute Gasteiger partial charge is 0.388 e. The van der Waals surface area contributed by atoms with Crippen molar-refractivity contribution in [2.24, 2.45) is 5.41 Å². The number of anilines is 1. The molecule has 1 atom stereocenters. The third kappa shape index (κ3) is 2.47. The standard InChI is InChI=1S/C13H22N2OS/c1-4-13(5-2)6-7-15(9-13)12-14-8-11(17-12)10(3)16/h8,10,16H,4-7,9H2,1-3H3. The number of rotatable bonds is 4. The van der Waals surface area contributed by atoms with Gasteiger partial charge in [0.25, 0.3) is 0 Å². The molecule has 4 heteroatoms. The molecular formula is C13H22N2OS. The first kappa shape index (κ1) is 12.8. The molecule has 96 valence electrons. The van der Waals surface area contributed by atoms with Crippen molar-refractivity contribution in [2.75, 3.05) is 18.0 Å². The fraction of sp³-hybridized carbons (Fsp3) is 0.769. The average Bonchev–Trinajstić information content (AvgIpc) is 2.96. The van der Waals surface area contributed by atoms with Gasteiger partial charge in [0, 0.05) is 19.3 Å². The van der Waals surface area contributed by atoms with E-state index in [1.54, 1.807) is 18.3 Å². The summed E-state index contributed by atoms with van der Waals surface area (Å²) in [5, 5.41) is 10.6. The lowest BCUT2D eigenvalue weighted by Gasteiger charge is -2.26. The van der Waals surface area contributed by atoms with Gasteiger partial charge in [0.05, 0.1) is 11.0 Å². The van der Waals surface area contributed by atoms with Crippen LogP contribution in [0, 0.1) is 5.41 Å². The Morgan fingerprint density at radius 2 is 2.24 bits per heavy atom. The Kier molecular flexibility index (Phi) is 3.73. The smallest absolute Gasteiger partial charge is 0.185 e. The summed E-state index contributed by atoms with van der Waals surface area (Å²) in [6.07, 6.45) is 5.17. The Morgan fingerprint density at radius 3 is 2.71 bits per heavy atom. The Morgan fingerprint density at radius 1 is 1.53 bits per heavy atom. The lowest BCUT2D eigenvalue weighted by Crippen LogP contribution is -2.25. The van der Waals surface area contributed by atoms with Gasteiger partial charge in [0.15, 0.2) is 5.13 Å². The molecule has 2 heterocycles. The Bertz CT molecular complexity index is 371. The molecule has 0 saturated carbocycles. The molecule has 2 rings (SSSR count). The number of aliphatic hydroxyl groups is 1. The van der Waals surface area contributed by atoms with Crippen LogP contribution in [0.1, 0.15) is 51.0 Å². The van der Waals surface area contributed by atoms with Crippen molar-refractivity contribution < 1.29 is 5.11 Å². The van der Waals surface area contributed by atoms with Gasteiger partial charge in [-0.3, -0.25) is 0 Å². The van der Waals surface area contributed by atoms with Crippen molar-refractivity contribution in [1.82, 2.24) is 4.98 Å². The Balaban J connectivity index is 2.09. The van der Waals surface area contributed by atoms with Crippen molar-refractivity contribution in [3.63, 3.8) is 0 Å². The molecule has 1 aliphatic rings. The normalized spacial score (nSPS) is 20.8. The molecule has 1 aromatic rings. The van der Waals surface area contributed by atoms with Crippen LogP contribution in [-0.2, 0) is 0 Å². The van der Waals surface area contributed by atoms with Gasteiger partial charge in [-0.25, -0.2) is 4.98 Å². The second kappa shape index (κ2) is 4.94. The number of thiazole rings is 1. The maximum Gasteiger partial charge on any atom is 0.185 e. The zero-order valence-corrected chi connectivity index (χ0v) is 11.8. The molecule has 1 N–H and O–H groups in total. The van der Waals surface area contributed by atoms with Gasteiger partial charge < -0.3 is 10.0 Å². The zero-order chi connectivity index (χ0) is 12.5. The molecule has 0 aromatic carbocycles. The van der Waals surface area contributed by atoms with Crippen molar-refractivity contribution in [3.05, 3.63) is 11.1 Å². The van der Waals surface area contributed by atoms with Gasteiger partial charge in [-0.15, -0.1) is 0 Å². The fourth-order valence-corrected chi connectivity index (χ4v) is 3.42. The fourth-order valence-electron chi connectivity index (χ4n) is 2.54. The second-order valence-corrected chi connectivity index (χ2v) is 6.14. The molecule has 1 aliphatic heterocycles. The number of hydrogen-bond donors (Lipinski definition) is 1. The van der Waals surface area contributed by atoms with E-state index in [0.717, 1.165) is 23.1 Å². The molecule has 0 radical (unpaired) electrons. The Hall–Kier alpha value is -0.610. The number of aliphatic hydroxyl groups excluding tert-OH is 1. The van der Waals surface area contributed by atoms with E-state index in [1.807, 2.05) is 6.20 Å². The molecule has 3 nitrogen and oxygen atoms in total. The van der Waals surface area contributed by atoms with E-state index in [1.165, 1.54) is 19.3 Å². The van der Waals surface area contributed by atoms with Crippen LogP contribution in [0.3, 0.4) is 0 Å². The van der Waals surface area contributed by atoms with E-state index in [9.17, 15) is 5.11 Å². The minimum absolute atomic E-state index is 0.397. The van der Waals surface area contributed by atoms with Crippen LogP contribution >= 0.6 is 11.3 Å². The van der Waals surface area contributed by atoms with E-state index in [0.29, 0.717) is 5.41 Å². The van der Waals surface area contributed by atoms with E-state index in [-0.39, 0.29) is 0 Å². The topological polar surface area (TPSA) is 36.4 Å². The summed E-state index contributed by atoms with van der Waals surface area (Å²) in [5.74, 6) is 0. The molecule has 1 saturated heterocycles. The zero-order valence-electron chi connectivity index (χ0n) is 10.9. The van der Waals surface area contributed by atoms with Gasteiger partial charge in [-0.05, 0) is 31.6 Å². The van der Waals surface area contributed by atoms with Crippen LogP contribution in [-0.4, -0.2) is 23.2 Å². The molecular weight excluding hydrogens is 232 g/mol. The van der Waals surface area contributed by atoms with Crippen molar-refractivity contribution in [3.8, 4) is 0 Å². The van der Waals surface area contributed by atoms with Crippen molar-refractivity contribution in [2.45, 2.75) is 46.1 Å². The number of hydrogen-bond acceptors (Lipinski definition) is 4. The summed E-state index contributed by atoms with van der Waals surface area (Å²) in [5.41, 5.74) is 0.483. The first-order valence-corrected chi connectivity index (χ1v) is 7.30. The maximum absolute atomic E-state index is 9.53. The third-order valence-electron chi connectivity index (χ3n) is 4.13. The summed E-state index contributed by atoms with van der Waals surface area (Å²) >= 11 is 1.62. The molecule has 1 aromatic heterocycles. The highest BCUT2D eigenvalue weighted by atomic mass is 32.1. The third-order valence-corrected chi connectivity index (χ3v) is 5.36. The molecule has 0 spiro atoms. The summed E-state index contributed by atoms with van der Waals surface area (Å²) in [6, 6.07) is 0. The van der Waals surface area contributed by atoms with E-state index < -0.39 is 6.10 Å². The minimum Gasteiger partial charge on any atom is -0.388 e. The summed E-state index contributed by atoms with van der Waals surface area (Å²) in [6.45, 7) is 8.59. The van der Waals surface area contributed by atoms with E-state index >= 15 is 0 Å². The van der Waals surface area contributed by atoms with Gasteiger partial charge >= 0.3 is 0 Å².